The van der Waals surface area contributed by atoms with E-state index in [4.69, 9.17) is 0 Å². The highest BCUT2D eigenvalue weighted by Crippen LogP contribution is 2.25. The SMILES string of the molecule is Cc1cc(C)c(-n2c(C)csc2=NC(=O)N=CC(C)c2ccc(-c3ncn(-c4ccc(OC(F)(F)F)cc4)n3)cc2)c(C)c1. The number of halogens is 3. The quantitative estimate of drug-likeness (QED) is 0.182. The first-order chi connectivity index (χ1) is 20.9. The summed E-state index contributed by atoms with van der Waals surface area (Å²) in [7, 11) is 0. The van der Waals surface area contributed by atoms with E-state index in [2.05, 4.69) is 57.7 Å². The normalized spacial score (nSPS) is 13.0. The zero-order valence-corrected chi connectivity index (χ0v) is 25.4. The number of amides is 2. The fraction of sp³-hybridized carbons (Fsp3) is 0.219. The number of benzene rings is 3. The second-order valence-corrected chi connectivity index (χ2v) is 11.2. The Morgan fingerprint density at radius 3 is 2.30 bits per heavy atom. The molecule has 2 amide bonds. The van der Waals surface area contributed by atoms with E-state index < -0.39 is 12.4 Å². The van der Waals surface area contributed by atoms with Gasteiger partial charge in [0.25, 0.3) is 0 Å². The summed E-state index contributed by atoms with van der Waals surface area (Å²) in [6.07, 6.45) is -1.70. The number of hydrogen-bond donors (Lipinski definition) is 0. The van der Waals surface area contributed by atoms with Gasteiger partial charge >= 0.3 is 12.4 Å². The zero-order chi connectivity index (χ0) is 31.6. The van der Waals surface area contributed by atoms with E-state index in [1.165, 1.54) is 52.2 Å². The van der Waals surface area contributed by atoms with Crippen LogP contribution < -0.4 is 9.54 Å². The number of aliphatic imine (C=N–C) groups is 1. The highest BCUT2D eigenvalue weighted by atomic mass is 32.1. The van der Waals surface area contributed by atoms with Crippen molar-refractivity contribution in [2.75, 3.05) is 0 Å². The molecular formula is C32H29F3N6O2S. The predicted octanol–water partition coefficient (Wildman–Crippen LogP) is 7.81. The lowest BCUT2D eigenvalue weighted by Gasteiger charge is -2.14. The van der Waals surface area contributed by atoms with Gasteiger partial charge in [0, 0.05) is 28.8 Å². The molecule has 1 unspecified atom stereocenters. The molecule has 12 heteroatoms. The van der Waals surface area contributed by atoms with Crippen molar-refractivity contribution in [3.63, 3.8) is 0 Å². The summed E-state index contributed by atoms with van der Waals surface area (Å²) in [6, 6.07) is 16.5. The van der Waals surface area contributed by atoms with E-state index in [0.29, 0.717) is 16.3 Å². The topological polar surface area (TPSA) is 86.7 Å². The van der Waals surface area contributed by atoms with Gasteiger partial charge < -0.3 is 4.74 Å². The van der Waals surface area contributed by atoms with Crippen molar-refractivity contribution in [2.45, 2.75) is 46.9 Å². The van der Waals surface area contributed by atoms with Crippen LogP contribution in [0, 0.1) is 27.7 Å². The molecule has 0 aliphatic rings. The molecule has 0 saturated carbocycles. The highest BCUT2D eigenvalue weighted by molar-refractivity contribution is 7.07. The molecule has 2 heterocycles. The van der Waals surface area contributed by atoms with Crippen LogP contribution in [0.5, 0.6) is 5.75 Å². The van der Waals surface area contributed by atoms with Gasteiger partial charge in [0.2, 0.25) is 0 Å². The Morgan fingerprint density at radius 1 is 1.00 bits per heavy atom. The summed E-state index contributed by atoms with van der Waals surface area (Å²) in [5, 5.41) is 6.40. The third-order valence-electron chi connectivity index (χ3n) is 6.86. The average molecular weight is 619 g/mol. The fourth-order valence-corrected chi connectivity index (χ4v) is 5.75. The molecule has 44 heavy (non-hydrogen) atoms. The third kappa shape index (κ3) is 7.03. The van der Waals surface area contributed by atoms with E-state index in [0.717, 1.165) is 33.6 Å². The Bertz CT molecular complexity index is 1880. The Kier molecular flexibility index (Phi) is 8.63. The Balaban J connectivity index is 1.27. The van der Waals surface area contributed by atoms with Crippen molar-refractivity contribution >= 4 is 23.6 Å². The number of urea groups is 1. The van der Waals surface area contributed by atoms with Gasteiger partial charge in [-0.15, -0.1) is 29.6 Å². The maximum Gasteiger partial charge on any atom is 0.573 e. The van der Waals surface area contributed by atoms with Gasteiger partial charge in [-0.1, -0.05) is 48.9 Å². The van der Waals surface area contributed by atoms with Gasteiger partial charge in [-0.05, 0) is 68.7 Å². The molecule has 0 bridgehead atoms. The van der Waals surface area contributed by atoms with Gasteiger partial charge in [-0.2, -0.15) is 4.99 Å². The molecule has 2 aromatic heterocycles. The van der Waals surface area contributed by atoms with E-state index in [1.54, 1.807) is 6.21 Å². The molecule has 3 aromatic carbocycles. The summed E-state index contributed by atoms with van der Waals surface area (Å²) in [6.45, 7) is 10.1. The van der Waals surface area contributed by atoms with E-state index in [1.807, 2.05) is 48.1 Å². The van der Waals surface area contributed by atoms with Crippen molar-refractivity contribution in [1.29, 1.82) is 0 Å². The van der Waals surface area contributed by atoms with Gasteiger partial charge in [0.1, 0.15) is 12.1 Å². The van der Waals surface area contributed by atoms with Crippen LogP contribution in [-0.2, 0) is 0 Å². The Hall–Kier alpha value is -4.84. The van der Waals surface area contributed by atoms with Crippen LogP contribution in [0.2, 0.25) is 0 Å². The minimum Gasteiger partial charge on any atom is -0.406 e. The van der Waals surface area contributed by atoms with Gasteiger partial charge in [0.15, 0.2) is 10.6 Å². The molecule has 226 valence electrons. The standard InChI is InChI=1S/C32H29F3N6O2S/c1-19-14-20(2)28(21(3)15-19)41-23(5)17-44-31(41)38-30(42)36-16-22(4)24-6-8-25(9-7-24)29-37-18-40(39-29)26-10-12-27(13-11-26)43-32(33,34)35/h6-18,22H,1-5H3. The number of thiazole rings is 1. The van der Waals surface area contributed by atoms with Crippen molar-refractivity contribution in [3.05, 3.63) is 105 Å². The van der Waals surface area contributed by atoms with Crippen LogP contribution in [0.4, 0.5) is 18.0 Å². The highest BCUT2D eigenvalue weighted by Gasteiger charge is 2.31. The van der Waals surface area contributed by atoms with Crippen LogP contribution >= 0.6 is 11.3 Å². The molecule has 0 N–H and O–H groups in total. The molecule has 0 aliphatic heterocycles. The number of ether oxygens (including phenoxy) is 1. The number of hydrogen-bond acceptors (Lipinski definition) is 5. The second kappa shape index (κ2) is 12.4. The van der Waals surface area contributed by atoms with Gasteiger partial charge in [-0.3, -0.25) is 4.57 Å². The van der Waals surface area contributed by atoms with Crippen LogP contribution in [-0.4, -0.2) is 37.9 Å². The molecule has 0 spiro atoms. The van der Waals surface area contributed by atoms with Crippen LogP contribution in [0.25, 0.3) is 22.8 Å². The summed E-state index contributed by atoms with van der Waals surface area (Å²) in [5.41, 5.74) is 7.60. The lowest BCUT2D eigenvalue weighted by Crippen LogP contribution is -2.18. The molecule has 8 nitrogen and oxygen atoms in total. The molecule has 0 saturated heterocycles. The Morgan fingerprint density at radius 2 is 1.66 bits per heavy atom. The molecular weight excluding hydrogens is 589 g/mol. The Labute approximate surface area is 255 Å². The van der Waals surface area contributed by atoms with Crippen LogP contribution in [0.1, 0.15) is 40.8 Å². The van der Waals surface area contributed by atoms with Gasteiger partial charge in [0.05, 0.1) is 11.4 Å². The average Bonchev–Trinajstić information content (AvgIpc) is 3.59. The number of rotatable bonds is 6. The smallest absolute Gasteiger partial charge is 0.406 e. The molecule has 0 radical (unpaired) electrons. The molecule has 5 aromatic rings. The van der Waals surface area contributed by atoms with Crippen molar-refractivity contribution in [1.82, 2.24) is 19.3 Å². The summed E-state index contributed by atoms with van der Waals surface area (Å²) in [5.74, 6) is -0.0334. The summed E-state index contributed by atoms with van der Waals surface area (Å²) in [4.78, 5) is 26.0. The monoisotopic (exact) mass is 618 g/mol. The van der Waals surface area contributed by atoms with E-state index in [9.17, 15) is 18.0 Å². The maximum atomic E-state index is 12.8. The van der Waals surface area contributed by atoms with E-state index >= 15 is 0 Å². The number of aryl methyl sites for hydroxylation is 4. The van der Waals surface area contributed by atoms with Crippen LogP contribution in [0.15, 0.2) is 82.4 Å². The van der Waals surface area contributed by atoms with Crippen molar-refractivity contribution in [3.8, 4) is 28.5 Å². The number of carbonyl (C=O) groups is 1. The lowest BCUT2D eigenvalue weighted by molar-refractivity contribution is -0.274. The predicted molar refractivity (Wildman–Crippen MR) is 164 cm³/mol. The van der Waals surface area contributed by atoms with Crippen molar-refractivity contribution in [2.24, 2.45) is 9.98 Å². The minimum atomic E-state index is -4.75. The summed E-state index contributed by atoms with van der Waals surface area (Å²) >= 11 is 1.40. The molecule has 5 rings (SSSR count). The largest absolute Gasteiger partial charge is 0.573 e. The second-order valence-electron chi connectivity index (χ2n) is 10.4. The number of alkyl halides is 3. The lowest BCUT2D eigenvalue weighted by atomic mass is 10.0. The minimum absolute atomic E-state index is 0.162. The first-order valence-electron chi connectivity index (χ1n) is 13.6. The van der Waals surface area contributed by atoms with Gasteiger partial charge in [-0.25, -0.2) is 19.5 Å². The zero-order valence-electron chi connectivity index (χ0n) is 24.6. The van der Waals surface area contributed by atoms with Crippen LogP contribution in [0.3, 0.4) is 0 Å². The maximum absolute atomic E-state index is 12.8. The molecule has 0 aliphatic carbocycles. The fourth-order valence-electron chi connectivity index (χ4n) is 4.90. The molecule has 1 atom stereocenters. The third-order valence-corrected chi connectivity index (χ3v) is 7.80. The molecule has 0 fully saturated rings. The number of aromatic nitrogens is 4. The number of nitrogens with zero attached hydrogens (tertiary/aromatic N) is 6. The van der Waals surface area contributed by atoms with E-state index in [-0.39, 0.29) is 11.7 Å². The van der Waals surface area contributed by atoms with Crippen molar-refractivity contribution < 1.29 is 22.7 Å². The summed E-state index contributed by atoms with van der Waals surface area (Å²) < 4.78 is 44.6. The first kappa shape index (κ1) is 30.6. The number of carbonyl (C=O) groups excluding carboxylic acids is 1. The first-order valence-corrected chi connectivity index (χ1v) is 14.5.